The van der Waals surface area contributed by atoms with Gasteiger partial charge in [-0.3, -0.25) is 9.48 Å². The zero-order valence-corrected chi connectivity index (χ0v) is 18.3. The predicted molar refractivity (Wildman–Crippen MR) is 120 cm³/mol. The van der Waals surface area contributed by atoms with Crippen molar-refractivity contribution in [1.29, 1.82) is 0 Å². The van der Waals surface area contributed by atoms with Gasteiger partial charge in [0.05, 0.1) is 16.6 Å². The molecule has 0 atom stereocenters. The van der Waals surface area contributed by atoms with E-state index in [0.717, 1.165) is 5.56 Å². The molecule has 0 saturated heterocycles. The molecule has 0 bridgehead atoms. The molecule has 4 aromatic rings. The van der Waals surface area contributed by atoms with Gasteiger partial charge < -0.3 is 10.1 Å². The Morgan fingerprint density at radius 2 is 1.81 bits per heavy atom. The smallest absolute Gasteiger partial charge is 0.275 e. The van der Waals surface area contributed by atoms with Gasteiger partial charge in [-0.15, -0.1) is 0 Å². The summed E-state index contributed by atoms with van der Waals surface area (Å²) in [6.07, 6.45) is 3.29. The van der Waals surface area contributed by atoms with Crippen molar-refractivity contribution < 1.29 is 9.53 Å². The number of benzene rings is 2. The van der Waals surface area contributed by atoms with Crippen LogP contribution in [-0.2, 0) is 13.3 Å². The fourth-order valence-corrected chi connectivity index (χ4v) is 3.26. The first-order chi connectivity index (χ1) is 15.0. The Morgan fingerprint density at radius 1 is 1.00 bits per heavy atom. The molecule has 7 nitrogen and oxygen atoms in total. The molecule has 2 aromatic carbocycles. The van der Waals surface area contributed by atoms with Crippen molar-refractivity contribution in [2.45, 2.75) is 13.3 Å². The summed E-state index contributed by atoms with van der Waals surface area (Å²) in [4.78, 5) is 12.7. The Kier molecular flexibility index (Phi) is 6.46. The van der Waals surface area contributed by atoms with E-state index in [-0.39, 0.29) is 12.6 Å². The summed E-state index contributed by atoms with van der Waals surface area (Å²) in [6.45, 7) is 0.558. The molecular weight excluding hydrogens is 461 g/mol. The van der Waals surface area contributed by atoms with Crippen molar-refractivity contribution in [1.82, 2.24) is 19.6 Å². The highest BCUT2D eigenvalue weighted by Gasteiger charge is 2.14. The number of nitrogens with one attached hydrogen (secondary N) is 1. The van der Waals surface area contributed by atoms with E-state index in [1.54, 1.807) is 59.4 Å². The van der Waals surface area contributed by atoms with Gasteiger partial charge in [0.25, 0.3) is 5.91 Å². The molecule has 0 aliphatic carbocycles. The maximum atomic E-state index is 12.7. The molecule has 2 heterocycles. The molecule has 1 amide bonds. The summed E-state index contributed by atoms with van der Waals surface area (Å²) in [5.74, 6) is 0.681. The lowest BCUT2D eigenvalue weighted by atomic mass is 10.2. The van der Waals surface area contributed by atoms with E-state index in [1.807, 2.05) is 6.07 Å². The number of rotatable bonds is 7. The third kappa shape index (κ3) is 5.38. The molecule has 0 fully saturated rings. The Hall–Kier alpha value is -3.00. The second kappa shape index (κ2) is 9.43. The number of halogens is 3. The molecule has 1 N–H and O–H groups in total. The molecular formula is C21H16Cl3N5O2. The second-order valence-corrected chi connectivity index (χ2v) is 7.80. The number of aromatic nitrogens is 4. The number of carbonyl (C=O) groups excluding carboxylic acids is 1. The van der Waals surface area contributed by atoms with E-state index in [9.17, 15) is 4.79 Å². The minimum absolute atomic E-state index is 0.0726. The molecule has 0 saturated carbocycles. The number of carbonyl (C=O) groups is 1. The predicted octanol–water partition coefficient (Wildman–Crippen LogP) is 5.38. The number of hydrogen-bond donors (Lipinski definition) is 1. The second-order valence-electron chi connectivity index (χ2n) is 6.54. The largest absolute Gasteiger partial charge is 0.471 e. The Labute approximate surface area is 193 Å². The highest BCUT2D eigenvalue weighted by molar-refractivity contribution is 6.42. The first kappa shape index (κ1) is 21.2. The van der Waals surface area contributed by atoms with Crippen LogP contribution in [0.3, 0.4) is 0 Å². The van der Waals surface area contributed by atoms with Crippen LogP contribution in [0.5, 0.6) is 5.75 Å². The lowest BCUT2D eigenvalue weighted by Crippen LogP contribution is -2.20. The van der Waals surface area contributed by atoms with Gasteiger partial charge in [-0.05, 0) is 48.0 Å². The van der Waals surface area contributed by atoms with Crippen molar-refractivity contribution in [3.05, 3.63) is 93.3 Å². The number of amides is 1. The van der Waals surface area contributed by atoms with Gasteiger partial charge in [0, 0.05) is 23.5 Å². The number of nitrogens with zero attached hydrogens (tertiary/aromatic N) is 4. The number of hydrogen-bond acceptors (Lipinski definition) is 4. The normalized spacial score (nSPS) is 10.8. The summed E-state index contributed by atoms with van der Waals surface area (Å²) >= 11 is 17.9. The summed E-state index contributed by atoms with van der Waals surface area (Å²) < 4.78 is 8.80. The quantitative estimate of drug-likeness (QED) is 0.389. The molecule has 0 aliphatic rings. The Balaban J connectivity index is 1.38. The van der Waals surface area contributed by atoms with Crippen LogP contribution in [0.4, 0.5) is 5.82 Å². The van der Waals surface area contributed by atoms with Crippen LogP contribution in [0.2, 0.25) is 15.1 Å². The van der Waals surface area contributed by atoms with E-state index < -0.39 is 0 Å². The molecule has 4 rings (SSSR count). The molecule has 2 aromatic heterocycles. The topological polar surface area (TPSA) is 74.0 Å². The van der Waals surface area contributed by atoms with Crippen molar-refractivity contribution in [2.75, 3.05) is 5.32 Å². The average molecular weight is 477 g/mol. The summed E-state index contributed by atoms with van der Waals surface area (Å²) in [5.41, 5.74) is 1.28. The maximum Gasteiger partial charge on any atom is 0.275 e. The summed E-state index contributed by atoms with van der Waals surface area (Å²) in [7, 11) is 0. The van der Waals surface area contributed by atoms with E-state index >= 15 is 0 Å². The Morgan fingerprint density at radius 3 is 2.58 bits per heavy atom. The van der Waals surface area contributed by atoms with Crippen LogP contribution in [0, 0.1) is 0 Å². The summed E-state index contributed by atoms with van der Waals surface area (Å²) in [5, 5.41) is 12.9. The zero-order chi connectivity index (χ0) is 21.8. The lowest BCUT2D eigenvalue weighted by molar-refractivity contribution is 0.100. The van der Waals surface area contributed by atoms with Crippen molar-refractivity contribution in [3.8, 4) is 5.75 Å². The minimum Gasteiger partial charge on any atom is -0.471 e. The van der Waals surface area contributed by atoms with Gasteiger partial charge in [0.15, 0.2) is 12.5 Å². The average Bonchev–Trinajstić information content (AvgIpc) is 3.40. The first-order valence-electron chi connectivity index (χ1n) is 9.17. The van der Waals surface area contributed by atoms with E-state index in [0.29, 0.717) is 38.9 Å². The van der Waals surface area contributed by atoms with Crippen molar-refractivity contribution >= 4 is 46.5 Å². The maximum absolute atomic E-state index is 12.7. The first-order valence-corrected chi connectivity index (χ1v) is 10.3. The van der Waals surface area contributed by atoms with Crippen LogP contribution in [0.15, 0.2) is 67.0 Å². The molecule has 0 unspecified atom stereocenters. The fraction of sp³-hybridized carbons (Fsp3) is 0.0952. The summed E-state index contributed by atoms with van der Waals surface area (Å²) in [6, 6.07) is 15.6. The fourth-order valence-electron chi connectivity index (χ4n) is 2.82. The van der Waals surface area contributed by atoms with Gasteiger partial charge in [0.1, 0.15) is 11.4 Å². The highest BCUT2D eigenvalue weighted by Crippen LogP contribution is 2.23. The van der Waals surface area contributed by atoms with Gasteiger partial charge >= 0.3 is 0 Å². The van der Waals surface area contributed by atoms with Crippen LogP contribution in [-0.4, -0.2) is 25.5 Å². The van der Waals surface area contributed by atoms with E-state index in [1.165, 1.54) is 10.9 Å². The van der Waals surface area contributed by atoms with Crippen molar-refractivity contribution in [2.24, 2.45) is 0 Å². The van der Waals surface area contributed by atoms with Gasteiger partial charge in [-0.2, -0.15) is 10.2 Å². The number of ether oxygens (including phenoxy) is 1. The van der Waals surface area contributed by atoms with Crippen LogP contribution in [0.25, 0.3) is 0 Å². The van der Waals surface area contributed by atoms with E-state index in [2.05, 4.69) is 15.5 Å². The van der Waals surface area contributed by atoms with E-state index in [4.69, 9.17) is 39.5 Å². The minimum atomic E-state index is -0.350. The highest BCUT2D eigenvalue weighted by atomic mass is 35.5. The third-order valence-corrected chi connectivity index (χ3v) is 5.32. The third-order valence-electron chi connectivity index (χ3n) is 4.33. The molecule has 10 heteroatoms. The molecule has 0 aliphatic heterocycles. The molecule has 0 spiro atoms. The van der Waals surface area contributed by atoms with Gasteiger partial charge in [-0.25, -0.2) is 4.68 Å². The Bertz CT molecular complexity index is 1200. The van der Waals surface area contributed by atoms with Gasteiger partial charge in [-0.1, -0.05) is 40.9 Å². The SMILES string of the molecule is O=C(Nc1ccn(Cc2ccc(Cl)c(Cl)c2)n1)c1ccnn1COc1ccc(Cl)cc1. The molecule has 0 radical (unpaired) electrons. The van der Waals surface area contributed by atoms with Gasteiger partial charge in [0.2, 0.25) is 0 Å². The standard InChI is InChI=1S/C21H16Cl3N5O2/c22-15-2-4-16(5-3-15)31-13-29-19(7-9-25-29)21(30)26-20-8-10-28(27-20)12-14-1-6-17(23)18(24)11-14/h1-11H,12-13H2,(H,26,27,30). The van der Waals surface area contributed by atoms with Crippen LogP contribution in [0.1, 0.15) is 16.1 Å². The van der Waals surface area contributed by atoms with Crippen LogP contribution >= 0.6 is 34.8 Å². The molecule has 158 valence electrons. The molecule has 31 heavy (non-hydrogen) atoms. The number of anilines is 1. The lowest BCUT2D eigenvalue weighted by Gasteiger charge is -2.09. The van der Waals surface area contributed by atoms with Crippen molar-refractivity contribution in [3.63, 3.8) is 0 Å². The zero-order valence-electron chi connectivity index (χ0n) is 16.0. The van der Waals surface area contributed by atoms with Crippen LogP contribution < -0.4 is 10.1 Å². The monoisotopic (exact) mass is 475 g/mol.